The molecule has 0 radical (unpaired) electrons. The van der Waals surface area contributed by atoms with Crippen LogP contribution in [0.15, 0.2) is 0 Å². The van der Waals surface area contributed by atoms with Gasteiger partial charge >= 0.3 is 11.9 Å². The largest absolute Gasteiger partial charge is 0.455 e. The first-order valence-corrected chi connectivity index (χ1v) is 22.6. The van der Waals surface area contributed by atoms with Crippen LogP contribution in [-0.4, -0.2) is 152 Å². The van der Waals surface area contributed by atoms with Crippen molar-refractivity contribution in [2.45, 2.75) is 211 Å². The molecule has 0 aromatic rings. The zero-order chi connectivity index (χ0) is 44.6. The topological polar surface area (TPSA) is 240 Å². The van der Waals surface area contributed by atoms with E-state index < -0.39 is 109 Å². The van der Waals surface area contributed by atoms with Crippen LogP contribution in [0.3, 0.4) is 0 Å². The van der Waals surface area contributed by atoms with E-state index in [1.165, 1.54) is 13.8 Å². The third-order valence-electron chi connectivity index (χ3n) is 18.2. The molecule has 3 saturated heterocycles. The Morgan fingerprint density at radius 2 is 1.43 bits per heavy atom. The van der Waals surface area contributed by atoms with E-state index in [1.807, 2.05) is 0 Å². The Hall–Kier alpha value is -1.54. The lowest BCUT2D eigenvalue weighted by atomic mass is 9.41. The van der Waals surface area contributed by atoms with Crippen molar-refractivity contribution in [2.75, 3.05) is 13.2 Å². The molecule has 0 aromatic carbocycles. The van der Waals surface area contributed by atoms with Crippen molar-refractivity contribution >= 4 is 11.9 Å². The highest BCUT2D eigenvalue weighted by molar-refractivity contribution is 5.67. The van der Waals surface area contributed by atoms with Crippen molar-refractivity contribution in [1.82, 2.24) is 0 Å². The average molecular weight is 869 g/mol. The summed E-state index contributed by atoms with van der Waals surface area (Å²) in [7, 11) is 0. The minimum Gasteiger partial charge on any atom is -0.455 e. The van der Waals surface area contributed by atoms with Gasteiger partial charge in [-0.3, -0.25) is 9.59 Å². The van der Waals surface area contributed by atoms with Crippen molar-refractivity contribution in [1.29, 1.82) is 0 Å². The SMILES string of the molecule is CC(=O)O[C@@H]1[C@@H](OC(C)=O)[C@H](O[C@@H]2CC[C@]34C[C@]35CC[C@]3(C)C(C6(C)CC[C@@H](C(C)(C)O)O6)[C@@H](O)C[C@@]3(C)[C@@H]5C[C@H](O[C@H]3O[C@@H](CO)[C@H](O)[C@@H](O)[C@@H]3O)C4C2(C)C)OC[C@H]1O. The third kappa shape index (κ3) is 6.89. The van der Waals surface area contributed by atoms with Crippen LogP contribution in [0.5, 0.6) is 0 Å². The molecule has 0 aromatic heterocycles. The lowest BCUT2D eigenvalue weighted by Gasteiger charge is -2.65. The Morgan fingerprint density at radius 3 is 2.05 bits per heavy atom. The summed E-state index contributed by atoms with van der Waals surface area (Å²) in [6.45, 7) is 16.1. The zero-order valence-corrected chi connectivity index (χ0v) is 37.3. The van der Waals surface area contributed by atoms with Crippen molar-refractivity contribution < 1.29 is 78.5 Å². The van der Waals surface area contributed by atoms with Gasteiger partial charge in [0.2, 0.25) is 0 Å². The molecule has 5 saturated carbocycles. The quantitative estimate of drug-likeness (QED) is 0.129. The molecule has 348 valence electrons. The van der Waals surface area contributed by atoms with Crippen LogP contribution in [-0.2, 0) is 42.7 Å². The van der Waals surface area contributed by atoms with Gasteiger partial charge in [-0.2, -0.15) is 0 Å². The van der Waals surface area contributed by atoms with Gasteiger partial charge in [0.15, 0.2) is 24.8 Å². The predicted octanol–water partition coefficient (Wildman–Crippen LogP) is 1.87. The summed E-state index contributed by atoms with van der Waals surface area (Å²) in [5.41, 5.74) is -3.46. The summed E-state index contributed by atoms with van der Waals surface area (Å²) in [6, 6.07) is 0. The molecule has 16 heteroatoms. The molecule has 16 nitrogen and oxygen atoms in total. The second-order valence-electron chi connectivity index (χ2n) is 22.2. The Bertz CT molecular complexity index is 1680. The fourth-order valence-corrected chi connectivity index (χ4v) is 15.5. The number of esters is 2. The fourth-order valence-electron chi connectivity index (χ4n) is 15.5. The van der Waals surface area contributed by atoms with Gasteiger partial charge in [0.1, 0.15) is 30.5 Å². The predicted molar refractivity (Wildman–Crippen MR) is 213 cm³/mol. The number of carbonyl (C=O) groups is 2. The second-order valence-corrected chi connectivity index (χ2v) is 22.2. The first-order chi connectivity index (χ1) is 28.3. The fraction of sp³-hybridized carbons (Fsp3) is 0.956. The number of aliphatic hydroxyl groups is 7. The molecule has 7 N–H and O–H groups in total. The Kier molecular flexibility index (Phi) is 11.5. The normalized spacial score (nSPS) is 53.8. The summed E-state index contributed by atoms with van der Waals surface area (Å²) < 4.78 is 43.6. The van der Waals surface area contributed by atoms with Crippen molar-refractivity contribution in [2.24, 2.45) is 44.8 Å². The molecule has 8 rings (SSSR count). The van der Waals surface area contributed by atoms with E-state index >= 15 is 0 Å². The maximum absolute atomic E-state index is 12.4. The Balaban J connectivity index is 1.15. The van der Waals surface area contributed by atoms with Gasteiger partial charge in [0.05, 0.1) is 48.8 Å². The van der Waals surface area contributed by atoms with Crippen molar-refractivity contribution in [3.8, 4) is 0 Å². The van der Waals surface area contributed by atoms with Crippen LogP contribution in [0.25, 0.3) is 0 Å². The van der Waals surface area contributed by atoms with E-state index in [1.54, 1.807) is 13.8 Å². The van der Waals surface area contributed by atoms with Gasteiger partial charge < -0.3 is 68.9 Å². The van der Waals surface area contributed by atoms with E-state index in [0.29, 0.717) is 25.7 Å². The summed E-state index contributed by atoms with van der Waals surface area (Å²) in [5, 5.41) is 77.1. The third-order valence-corrected chi connectivity index (χ3v) is 18.2. The number of fused-ring (bicyclic) bond motifs is 2. The smallest absolute Gasteiger partial charge is 0.303 e. The molecule has 0 amide bonds. The molecule has 8 aliphatic rings. The Labute approximate surface area is 358 Å². The standard InChI is InChI=1S/C45H72O16/c1-21(47)56-33-24(50)19-55-38(34(33)57-22(2)48)60-28-11-13-45-20-44(45)15-14-41(7)35(43(9)12-10-29(61-43)40(5,6)54)23(49)17-42(41,8)27(44)16-25(36(45)39(28,3)4)58-37-32(53)31(52)30(51)26(18-46)59-37/h23-38,46,49-54H,10-20H2,1-9H3/t23-,24+,25-,26-,27-,28+,29-,30-,31+,32-,33-,34+,35?,36?,37-,38-,41+,42-,43?,44-,45+/m0/s1. The molecule has 2 spiro atoms. The van der Waals surface area contributed by atoms with Crippen LogP contribution < -0.4 is 0 Å². The van der Waals surface area contributed by atoms with E-state index in [-0.39, 0.29) is 52.1 Å². The van der Waals surface area contributed by atoms with Crippen LogP contribution in [0.2, 0.25) is 0 Å². The van der Waals surface area contributed by atoms with E-state index in [4.69, 9.17) is 33.2 Å². The number of carbonyl (C=O) groups excluding carboxylic acids is 2. The number of aliphatic hydroxyl groups excluding tert-OH is 6. The number of hydrogen-bond acceptors (Lipinski definition) is 16. The summed E-state index contributed by atoms with van der Waals surface area (Å²) in [6.07, 6.45) is -7.80. The molecule has 21 atom stereocenters. The second kappa shape index (κ2) is 15.3. The highest BCUT2D eigenvalue weighted by Crippen LogP contribution is 2.89. The molecule has 0 bridgehead atoms. The van der Waals surface area contributed by atoms with E-state index in [9.17, 15) is 45.3 Å². The van der Waals surface area contributed by atoms with Crippen LogP contribution in [0.4, 0.5) is 0 Å². The summed E-state index contributed by atoms with van der Waals surface area (Å²) in [4.78, 5) is 24.5. The van der Waals surface area contributed by atoms with Gasteiger partial charge in [-0.05, 0) is 117 Å². The van der Waals surface area contributed by atoms with Gasteiger partial charge in [-0.1, -0.05) is 27.7 Å². The number of hydrogen-bond donors (Lipinski definition) is 7. The van der Waals surface area contributed by atoms with E-state index in [0.717, 1.165) is 32.1 Å². The molecule has 3 unspecified atom stereocenters. The minimum absolute atomic E-state index is 0.0638. The first kappa shape index (κ1) is 46.0. The lowest BCUT2D eigenvalue weighted by molar-refractivity contribution is -0.339. The van der Waals surface area contributed by atoms with Crippen LogP contribution in [0, 0.1) is 44.8 Å². The minimum atomic E-state index is -1.63. The monoisotopic (exact) mass is 868 g/mol. The lowest BCUT2D eigenvalue weighted by Crippen LogP contribution is -2.65. The van der Waals surface area contributed by atoms with Gasteiger partial charge in [-0.15, -0.1) is 0 Å². The molecule has 3 aliphatic heterocycles. The maximum Gasteiger partial charge on any atom is 0.303 e. The molecule has 3 heterocycles. The molecule has 5 aliphatic carbocycles. The molecular weight excluding hydrogens is 796 g/mol. The molecular formula is C45H72O16. The van der Waals surface area contributed by atoms with Gasteiger partial charge in [-0.25, -0.2) is 0 Å². The van der Waals surface area contributed by atoms with Crippen molar-refractivity contribution in [3.63, 3.8) is 0 Å². The number of rotatable bonds is 9. The van der Waals surface area contributed by atoms with Crippen molar-refractivity contribution in [3.05, 3.63) is 0 Å². The first-order valence-electron chi connectivity index (χ1n) is 22.6. The highest BCUT2D eigenvalue weighted by Gasteiger charge is 2.85. The van der Waals surface area contributed by atoms with Crippen LogP contribution >= 0.6 is 0 Å². The molecule has 8 fully saturated rings. The zero-order valence-electron chi connectivity index (χ0n) is 37.3. The van der Waals surface area contributed by atoms with Gasteiger partial charge in [0, 0.05) is 19.8 Å². The summed E-state index contributed by atoms with van der Waals surface area (Å²) in [5.74, 6) is -1.67. The molecule has 61 heavy (non-hydrogen) atoms. The van der Waals surface area contributed by atoms with Gasteiger partial charge in [0.25, 0.3) is 0 Å². The van der Waals surface area contributed by atoms with Crippen LogP contribution in [0.1, 0.15) is 120 Å². The Morgan fingerprint density at radius 1 is 0.754 bits per heavy atom. The summed E-state index contributed by atoms with van der Waals surface area (Å²) >= 11 is 0. The maximum atomic E-state index is 12.4. The average Bonchev–Trinajstić information content (AvgIpc) is 3.52. The highest BCUT2D eigenvalue weighted by atomic mass is 16.7. The van der Waals surface area contributed by atoms with E-state index in [2.05, 4.69) is 34.6 Å². The number of ether oxygens (including phenoxy) is 7.